The number of nitrogens with two attached hydrogens (primary N) is 1. The molecule has 2 aliphatic carbocycles. The molecule has 4 unspecified atom stereocenters. The molecule has 3 rings (SSSR count). The van der Waals surface area contributed by atoms with Crippen LogP contribution in [0.5, 0.6) is 0 Å². The lowest BCUT2D eigenvalue weighted by molar-refractivity contribution is 0.252. The standard InChI is InChI=1S/C16H24N2/c1-10-3-5-14(7-11(10)2)16(18-17)15-9-12-4-6-13(15)8-12/h3,5,7,12-13,15-16,18H,4,6,8-9,17H2,1-2H3. The van der Waals surface area contributed by atoms with Crippen molar-refractivity contribution >= 4 is 0 Å². The second kappa shape index (κ2) is 4.67. The average molecular weight is 244 g/mol. The molecule has 2 aliphatic rings. The van der Waals surface area contributed by atoms with Gasteiger partial charge < -0.3 is 0 Å². The topological polar surface area (TPSA) is 38.0 Å². The van der Waals surface area contributed by atoms with Gasteiger partial charge in [0.25, 0.3) is 0 Å². The molecule has 2 bridgehead atoms. The maximum absolute atomic E-state index is 5.85. The van der Waals surface area contributed by atoms with Crippen molar-refractivity contribution < 1.29 is 0 Å². The van der Waals surface area contributed by atoms with Crippen molar-refractivity contribution in [1.82, 2.24) is 5.43 Å². The van der Waals surface area contributed by atoms with Gasteiger partial charge in [-0.15, -0.1) is 0 Å². The van der Waals surface area contributed by atoms with E-state index in [9.17, 15) is 0 Å². The Kier molecular flexibility index (Phi) is 3.16. The van der Waals surface area contributed by atoms with E-state index in [4.69, 9.17) is 5.84 Å². The number of benzene rings is 1. The molecule has 2 fully saturated rings. The number of hydrogen-bond acceptors (Lipinski definition) is 2. The number of fused-ring (bicyclic) bond motifs is 2. The van der Waals surface area contributed by atoms with Crippen molar-refractivity contribution in [2.24, 2.45) is 23.6 Å². The van der Waals surface area contributed by atoms with Gasteiger partial charge in [-0.1, -0.05) is 24.6 Å². The first kappa shape index (κ1) is 12.2. The Labute approximate surface area is 110 Å². The summed E-state index contributed by atoms with van der Waals surface area (Å²) in [6, 6.07) is 7.13. The first-order chi connectivity index (χ1) is 8.69. The largest absolute Gasteiger partial charge is 0.271 e. The number of hydrogen-bond donors (Lipinski definition) is 2. The third-order valence-electron chi connectivity index (χ3n) is 5.29. The predicted octanol–water partition coefficient (Wildman–Crippen LogP) is 3.24. The molecular weight excluding hydrogens is 220 g/mol. The van der Waals surface area contributed by atoms with Crippen LogP contribution in [0.1, 0.15) is 48.4 Å². The van der Waals surface area contributed by atoms with Crippen LogP contribution in [0.3, 0.4) is 0 Å². The van der Waals surface area contributed by atoms with Crippen molar-refractivity contribution in [3.05, 3.63) is 34.9 Å². The van der Waals surface area contributed by atoms with Gasteiger partial charge in [-0.25, -0.2) is 0 Å². The molecule has 0 aromatic heterocycles. The summed E-state index contributed by atoms with van der Waals surface area (Å²) in [6.45, 7) is 4.36. The number of nitrogens with one attached hydrogen (secondary N) is 1. The highest BCUT2D eigenvalue weighted by Crippen LogP contribution is 2.52. The van der Waals surface area contributed by atoms with E-state index in [0.29, 0.717) is 6.04 Å². The molecule has 0 aliphatic heterocycles. The van der Waals surface area contributed by atoms with Crippen LogP contribution in [0.2, 0.25) is 0 Å². The molecule has 0 radical (unpaired) electrons. The molecule has 2 saturated carbocycles. The Morgan fingerprint density at radius 3 is 2.56 bits per heavy atom. The SMILES string of the molecule is Cc1ccc(C(NN)C2CC3CCC2C3)cc1C. The zero-order valence-corrected chi connectivity index (χ0v) is 11.4. The fourth-order valence-electron chi connectivity index (χ4n) is 4.13. The normalized spacial score (nSPS) is 31.8. The molecule has 98 valence electrons. The van der Waals surface area contributed by atoms with Gasteiger partial charge in [-0.3, -0.25) is 11.3 Å². The average Bonchev–Trinajstić information content (AvgIpc) is 2.97. The Bertz CT molecular complexity index is 441. The summed E-state index contributed by atoms with van der Waals surface area (Å²) in [5.41, 5.74) is 7.20. The predicted molar refractivity (Wildman–Crippen MR) is 74.9 cm³/mol. The Balaban J connectivity index is 1.85. The first-order valence-corrected chi connectivity index (χ1v) is 7.22. The number of rotatable bonds is 3. The molecule has 0 heterocycles. The lowest BCUT2D eigenvalue weighted by atomic mass is 9.80. The van der Waals surface area contributed by atoms with E-state index in [1.54, 1.807) is 0 Å². The second-order valence-electron chi connectivity index (χ2n) is 6.33. The van der Waals surface area contributed by atoms with E-state index in [1.807, 2.05) is 0 Å². The van der Waals surface area contributed by atoms with E-state index < -0.39 is 0 Å². The van der Waals surface area contributed by atoms with Gasteiger partial charge in [0, 0.05) is 6.04 Å². The molecular formula is C16H24N2. The highest BCUT2D eigenvalue weighted by molar-refractivity contribution is 5.32. The van der Waals surface area contributed by atoms with Gasteiger partial charge in [0.2, 0.25) is 0 Å². The maximum Gasteiger partial charge on any atom is 0.0490 e. The van der Waals surface area contributed by atoms with E-state index >= 15 is 0 Å². The highest BCUT2D eigenvalue weighted by atomic mass is 15.2. The first-order valence-electron chi connectivity index (χ1n) is 7.22. The number of hydrazine groups is 1. The summed E-state index contributed by atoms with van der Waals surface area (Å²) < 4.78 is 0. The van der Waals surface area contributed by atoms with Gasteiger partial charge in [-0.05, 0) is 67.6 Å². The Morgan fingerprint density at radius 2 is 2.00 bits per heavy atom. The van der Waals surface area contributed by atoms with Crippen molar-refractivity contribution in [3.8, 4) is 0 Å². The smallest absolute Gasteiger partial charge is 0.0490 e. The van der Waals surface area contributed by atoms with Crippen molar-refractivity contribution in [1.29, 1.82) is 0 Å². The molecule has 18 heavy (non-hydrogen) atoms. The summed E-state index contributed by atoms with van der Waals surface area (Å²) in [5, 5.41) is 0. The second-order valence-corrected chi connectivity index (χ2v) is 6.33. The molecule has 1 aromatic carbocycles. The molecule has 4 atom stereocenters. The fourth-order valence-corrected chi connectivity index (χ4v) is 4.13. The van der Waals surface area contributed by atoms with Crippen LogP contribution in [0.25, 0.3) is 0 Å². The van der Waals surface area contributed by atoms with Crippen molar-refractivity contribution in [2.45, 2.75) is 45.6 Å². The minimum Gasteiger partial charge on any atom is -0.271 e. The molecule has 2 heteroatoms. The fraction of sp³-hybridized carbons (Fsp3) is 0.625. The summed E-state index contributed by atoms with van der Waals surface area (Å²) in [4.78, 5) is 0. The van der Waals surface area contributed by atoms with Gasteiger partial charge in [0.15, 0.2) is 0 Å². The highest BCUT2D eigenvalue weighted by Gasteiger charge is 2.43. The summed E-state index contributed by atoms with van der Waals surface area (Å²) in [5.74, 6) is 8.48. The van der Waals surface area contributed by atoms with Crippen LogP contribution in [0, 0.1) is 31.6 Å². The molecule has 1 aromatic rings. The minimum absolute atomic E-state index is 0.347. The third kappa shape index (κ3) is 1.98. The minimum atomic E-state index is 0.347. The van der Waals surface area contributed by atoms with Crippen molar-refractivity contribution in [2.75, 3.05) is 0 Å². The third-order valence-corrected chi connectivity index (χ3v) is 5.29. The van der Waals surface area contributed by atoms with E-state index in [1.165, 1.54) is 42.4 Å². The maximum atomic E-state index is 5.85. The monoisotopic (exact) mass is 244 g/mol. The summed E-state index contributed by atoms with van der Waals surface area (Å²) >= 11 is 0. The van der Waals surface area contributed by atoms with Gasteiger partial charge >= 0.3 is 0 Å². The van der Waals surface area contributed by atoms with Gasteiger partial charge in [-0.2, -0.15) is 0 Å². The molecule has 0 amide bonds. The summed E-state index contributed by atoms with van der Waals surface area (Å²) in [6.07, 6.45) is 5.67. The molecule has 0 spiro atoms. The zero-order valence-electron chi connectivity index (χ0n) is 11.4. The van der Waals surface area contributed by atoms with Gasteiger partial charge in [0.1, 0.15) is 0 Å². The van der Waals surface area contributed by atoms with E-state index in [0.717, 1.165) is 17.8 Å². The summed E-state index contributed by atoms with van der Waals surface area (Å²) in [7, 11) is 0. The van der Waals surface area contributed by atoms with Crippen LogP contribution in [0.4, 0.5) is 0 Å². The quantitative estimate of drug-likeness (QED) is 0.633. The molecule has 3 N–H and O–H groups in total. The molecule has 2 nitrogen and oxygen atoms in total. The Hall–Kier alpha value is -0.860. The van der Waals surface area contributed by atoms with Crippen LogP contribution in [-0.4, -0.2) is 0 Å². The van der Waals surface area contributed by atoms with Gasteiger partial charge in [0.05, 0.1) is 0 Å². The van der Waals surface area contributed by atoms with Crippen LogP contribution in [0.15, 0.2) is 18.2 Å². The Morgan fingerprint density at radius 1 is 1.17 bits per heavy atom. The zero-order chi connectivity index (χ0) is 12.7. The van der Waals surface area contributed by atoms with Crippen LogP contribution < -0.4 is 11.3 Å². The molecule has 0 saturated heterocycles. The van der Waals surface area contributed by atoms with Crippen LogP contribution >= 0.6 is 0 Å². The lowest BCUT2D eigenvalue weighted by Gasteiger charge is -2.30. The number of aryl methyl sites for hydroxylation is 2. The van der Waals surface area contributed by atoms with Crippen LogP contribution in [-0.2, 0) is 0 Å². The van der Waals surface area contributed by atoms with Crippen molar-refractivity contribution in [3.63, 3.8) is 0 Å². The van der Waals surface area contributed by atoms with E-state index in [-0.39, 0.29) is 0 Å². The lowest BCUT2D eigenvalue weighted by Crippen LogP contribution is -2.35. The van der Waals surface area contributed by atoms with E-state index in [2.05, 4.69) is 37.5 Å².